The lowest BCUT2D eigenvalue weighted by atomic mass is 10.0. The number of nitrogens with zero attached hydrogens (tertiary/aromatic N) is 5. The van der Waals surface area contributed by atoms with Crippen molar-refractivity contribution in [2.45, 2.75) is 25.3 Å². The second kappa shape index (κ2) is 7.92. The van der Waals surface area contributed by atoms with Crippen LogP contribution in [0.5, 0.6) is 0 Å². The minimum Gasteiger partial charge on any atom is -0.396 e. The maximum atomic E-state index is 13.1. The van der Waals surface area contributed by atoms with E-state index in [-0.39, 0.29) is 12.4 Å². The Labute approximate surface area is 161 Å². The predicted octanol–water partition coefficient (Wildman–Crippen LogP) is 2.88. The molecular formula is C19H24FN5OS. The standard InChI is InChI=1S/C19H24FN5OS/c1-23(9-2-12-26)16-7-10-24(11-8-16)19-22-25-13-17(21-18(25)27-19)14-3-5-15(20)6-4-14/h3-6,13,16,26H,2,7-12H2,1H3. The second-order valence-electron chi connectivity index (χ2n) is 7.02. The number of aliphatic hydroxyl groups is 1. The lowest BCUT2D eigenvalue weighted by molar-refractivity contribution is 0.184. The molecule has 1 fully saturated rings. The molecule has 0 saturated carbocycles. The number of imidazole rings is 1. The fourth-order valence-corrected chi connectivity index (χ4v) is 4.51. The van der Waals surface area contributed by atoms with E-state index in [0.29, 0.717) is 6.04 Å². The van der Waals surface area contributed by atoms with Gasteiger partial charge >= 0.3 is 0 Å². The first-order valence-electron chi connectivity index (χ1n) is 9.32. The van der Waals surface area contributed by atoms with Gasteiger partial charge in [-0.3, -0.25) is 0 Å². The SMILES string of the molecule is CN(CCCO)C1CCN(c2nn3cc(-c4ccc(F)cc4)nc3s2)CC1. The molecule has 4 rings (SSSR count). The third-order valence-corrected chi connectivity index (χ3v) is 6.18. The van der Waals surface area contributed by atoms with Crippen LogP contribution in [0.25, 0.3) is 16.2 Å². The number of fused-ring (bicyclic) bond motifs is 1. The third-order valence-electron chi connectivity index (χ3n) is 5.20. The van der Waals surface area contributed by atoms with E-state index < -0.39 is 0 Å². The molecule has 6 nitrogen and oxygen atoms in total. The molecule has 1 aliphatic rings. The van der Waals surface area contributed by atoms with E-state index in [1.54, 1.807) is 23.5 Å². The zero-order chi connectivity index (χ0) is 18.8. The van der Waals surface area contributed by atoms with Crippen molar-refractivity contribution in [1.82, 2.24) is 19.5 Å². The number of anilines is 1. The molecule has 27 heavy (non-hydrogen) atoms. The molecule has 0 atom stereocenters. The summed E-state index contributed by atoms with van der Waals surface area (Å²) in [5.41, 5.74) is 1.70. The van der Waals surface area contributed by atoms with Crippen LogP contribution in [0.1, 0.15) is 19.3 Å². The summed E-state index contributed by atoms with van der Waals surface area (Å²) < 4.78 is 14.9. The van der Waals surface area contributed by atoms with E-state index >= 15 is 0 Å². The van der Waals surface area contributed by atoms with Gasteiger partial charge in [0.05, 0.1) is 11.9 Å². The molecule has 0 unspecified atom stereocenters. The number of benzene rings is 1. The summed E-state index contributed by atoms with van der Waals surface area (Å²) in [5, 5.41) is 14.7. The third kappa shape index (κ3) is 3.97. The van der Waals surface area contributed by atoms with Crippen LogP contribution >= 0.6 is 11.3 Å². The highest BCUT2D eigenvalue weighted by Gasteiger charge is 2.24. The van der Waals surface area contributed by atoms with Gasteiger partial charge in [0.2, 0.25) is 10.1 Å². The first-order chi connectivity index (χ1) is 13.1. The zero-order valence-corrected chi connectivity index (χ0v) is 16.2. The van der Waals surface area contributed by atoms with Gasteiger partial charge in [0, 0.05) is 37.8 Å². The van der Waals surface area contributed by atoms with Crippen molar-refractivity contribution in [2.24, 2.45) is 0 Å². The highest BCUT2D eigenvalue weighted by atomic mass is 32.1. The molecule has 1 aromatic carbocycles. The monoisotopic (exact) mass is 389 g/mol. The summed E-state index contributed by atoms with van der Waals surface area (Å²) in [6.07, 6.45) is 4.93. The van der Waals surface area contributed by atoms with Gasteiger partial charge in [-0.25, -0.2) is 13.9 Å². The molecule has 8 heteroatoms. The molecule has 0 radical (unpaired) electrons. The summed E-state index contributed by atoms with van der Waals surface area (Å²) in [5.74, 6) is -0.245. The highest BCUT2D eigenvalue weighted by molar-refractivity contribution is 7.20. The molecule has 0 bridgehead atoms. The largest absolute Gasteiger partial charge is 0.396 e. The minimum atomic E-state index is -0.245. The molecule has 2 aromatic heterocycles. The molecule has 1 aliphatic heterocycles. The number of hydrogen-bond acceptors (Lipinski definition) is 6. The number of aliphatic hydroxyl groups excluding tert-OH is 1. The minimum absolute atomic E-state index is 0.245. The maximum Gasteiger partial charge on any atom is 0.214 e. The van der Waals surface area contributed by atoms with E-state index in [1.165, 1.54) is 12.1 Å². The molecule has 0 amide bonds. The van der Waals surface area contributed by atoms with E-state index in [9.17, 15) is 4.39 Å². The topological polar surface area (TPSA) is 56.9 Å². The van der Waals surface area contributed by atoms with Gasteiger partial charge in [-0.15, -0.1) is 5.10 Å². The van der Waals surface area contributed by atoms with Crippen molar-refractivity contribution >= 4 is 21.4 Å². The maximum absolute atomic E-state index is 13.1. The summed E-state index contributed by atoms with van der Waals surface area (Å²) in [7, 11) is 2.14. The first-order valence-corrected chi connectivity index (χ1v) is 10.1. The van der Waals surface area contributed by atoms with Crippen LogP contribution in [0.4, 0.5) is 9.52 Å². The first kappa shape index (κ1) is 18.3. The predicted molar refractivity (Wildman–Crippen MR) is 106 cm³/mol. The number of aromatic nitrogens is 3. The van der Waals surface area contributed by atoms with Crippen LogP contribution in [0.2, 0.25) is 0 Å². The highest BCUT2D eigenvalue weighted by Crippen LogP contribution is 2.29. The molecular weight excluding hydrogens is 365 g/mol. The van der Waals surface area contributed by atoms with Crippen LogP contribution in [-0.2, 0) is 0 Å². The Morgan fingerprint density at radius 1 is 1.26 bits per heavy atom. The Kier molecular flexibility index (Phi) is 5.38. The molecule has 1 N–H and O–H groups in total. The molecule has 0 spiro atoms. The Balaban J connectivity index is 1.42. The van der Waals surface area contributed by atoms with Crippen LogP contribution in [-0.4, -0.2) is 63.9 Å². The summed E-state index contributed by atoms with van der Waals surface area (Å²) in [6.45, 7) is 3.16. The second-order valence-corrected chi connectivity index (χ2v) is 7.96. The zero-order valence-electron chi connectivity index (χ0n) is 15.4. The van der Waals surface area contributed by atoms with E-state index in [4.69, 9.17) is 10.2 Å². The van der Waals surface area contributed by atoms with Gasteiger partial charge in [-0.2, -0.15) is 0 Å². The van der Waals surface area contributed by atoms with Crippen LogP contribution in [0.15, 0.2) is 30.5 Å². The van der Waals surface area contributed by atoms with Crippen molar-refractivity contribution in [1.29, 1.82) is 0 Å². The average Bonchev–Trinajstić information content (AvgIpc) is 3.26. The molecule has 144 valence electrons. The molecule has 1 saturated heterocycles. The van der Waals surface area contributed by atoms with E-state index in [2.05, 4.69) is 21.8 Å². The fraction of sp³-hybridized carbons (Fsp3) is 0.474. The van der Waals surface area contributed by atoms with Crippen LogP contribution in [0.3, 0.4) is 0 Å². The molecule has 0 aliphatic carbocycles. The van der Waals surface area contributed by atoms with Crippen molar-refractivity contribution in [3.05, 3.63) is 36.3 Å². The van der Waals surface area contributed by atoms with Gasteiger partial charge in [-0.05, 0) is 50.6 Å². The summed E-state index contributed by atoms with van der Waals surface area (Å²) in [6, 6.07) is 6.94. The number of hydrogen-bond donors (Lipinski definition) is 1. The van der Waals surface area contributed by atoms with Crippen LogP contribution in [0, 0.1) is 5.82 Å². The van der Waals surface area contributed by atoms with E-state index in [0.717, 1.165) is 60.2 Å². The van der Waals surface area contributed by atoms with Gasteiger partial charge in [0.25, 0.3) is 0 Å². The summed E-state index contributed by atoms with van der Waals surface area (Å²) >= 11 is 1.59. The lowest BCUT2D eigenvalue weighted by Gasteiger charge is -2.36. The number of halogens is 1. The van der Waals surface area contributed by atoms with Gasteiger partial charge in [-0.1, -0.05) is 11.3 Å². The van der Waals surface area contributed by atoms with Crippen molar-refractivity contribution in [2.75, 3.05) is 38.2 Å². The van der Waals surface area contributed by atoms with Crippen LogP contribution < -0.4 is 4.90 Å². The average molecular weight is 390 g/mol. The quantitative estimate of drug-likeness (QED) is 0.703. The Morgan fingerprint density at radius 3 is 2.67 bits per heavy atom. The van der Waals surface area contributed by atoms with Crippen molar-refractivity contribution in [3.63, 3.8) is 0 Å². The number of rotatable bonds is 6. The Morgan fingerprint density at radius 2 is 2.00 bits per heavy atom. The normalized spacial score (nSPS) is 15.9. The van der Waals surface area contributed by atoms with Gasteiger partial charge in [0.1, 0.15) is 5.82 Å². The van der Waals surface area contributed by atoms with Gasteiger partial charge < -0.3 is 14.9 Å². The molecule has 3 aromatic rings. The van der Waals surface area contributed by atoms with Crippen molar-refractivity contribution in [3.8, 4) is 11.3 Å². The van der Waals surface area contributed by atoms with E-state index in [1.807, 2.05) is 10.7 Å². The molecule has 3 heterocycles. The fourth-order valence-electron chi connectivity index (χ4n) is 3.58. The van der Waals surface area contributed by atoms with Gasteiger partial charge in [0.15, 0.2) is 0 Å². The smallest absolute Gasteiger partial charge is 0.214 e. The number of piperidine rings is 1. The Hall–Kier alpha value is -2.03. The summed E-state index contributed by atoms with van der Waals surface area (Å²) in [4.78, 5) is 10.2. The van der Waals surface area contributed by atoms with Crippen molar-refractivity contribution < 1.29 is 9.50 Å². The Bertz CT molecular complexity index is 854. The lowest BCUT2D eigenvalue weighted by Crippen LogP contribution is -2.43.